The Morgan fingerprint density at radius 1 is 1.32 bits per heavy atom. The molecule has 1 aromatic carbocycles. The summed E-state index contributed by atoms with van der Waals surface area (Å²) < 4.78 is 5.45. The molecule has 1 aliphatic rings. The molecule has 1 unspecified atom stereocenters. The summed E-state index contributed by atoms with van der Waals surface area (Å²) in [5, 5.41) is 6.51. The number of guanidine groups is 1. The van der Waals surface area contributed by atoms with E-state index in [9.17, 15) is 4.79 Å². The number of nitrogens with zero attached hydrogens (tertiary/aromatic N) is 2. The molecule has 158 valence electrons. The number of aryl methyl sites for hydroxylation is 1. The maximum absolute atomic E-state index is 12.5. The van der Waals surface area contributed by atoms with E-state index in [1.807, 2.05) is 30.9 Å². The van der Waals surface area contributed by atoms with Crippen molar-refractivity contribution in [2.75, 3.05) is 26.7 Å². The van der Waals surface area contributed by atoms with Crippen molar-refractivity contribution in [3.8, 4) is 5.75 Å². The molecule has 6 nitrogen and oxygen atoms in total. The molecule has 0 spiro atoms. The lowest BCUT2D eigenvalue weighted by molar-refractivity contribution is -0.134. The predicted octanol–water partition coefficient (Wildman–Crippen LogP) is 3.47. The monoisotopic (exact) mass is 502 g/mol. The van der Waals surface area contributed by atoms with Crippen molar-refractivity contribution in [2.24, 2.45) is 4.99 Å². The third-order valence-electron chi connectivity index (χ3n) is 4.95. The van der Waals surface area contributed by atoms with Gasteiger partial charge in [-0.1, -0.05) is 12.1 Å². The Bertz CT molecular complexity index is 651. The van der Waals surface area contributed by atoms with Gasteiger partial charge in [0, 0.05) is 37.7 Å². The van der Waals surface area contributed by atoms with Crippen LogP contribution in [0.25, 0.3) is 0 Å². The first kappa shape index (κ1) is 24.5. The van der Waals surface area contributed by atoms with Gasteiger partial charge in [0.1, 0.15) is 5.75 Å². The molecule has 1 fully saturated rings. The van der Waals surface area contributed by atoms with Gasteiger partial charge in [-0.05, 0) is 51.7 Å². The predicted molar refractivity (Wildman–Crippen MR) is 126 cm³/mol. The molecule has 0 aromatic heterocycles. The van der Waals surface area contributed by atoms with Gasteiger partial charge in [-0.25, -0.2) is 4.99 Å². The number of halogens is 1. The number of carbonyl (C=O) groups is 1. The van der Waals surface area contributed by atoms with E-state index in [0.29, 0.717) is 25.6 Å². The summed E-state index contributed by atoms with van der Waals surface area (Å²) >= 11 is 0. The Morgan fingerprint density at radius 2 is 2.11 bits per heavy atom. The van der Waals surface area contributed by atoms with Crippen molar-refractivity contribution in [1.82, 2.24) is 15.5 Å². The summed E-state index contributed by atoms with van der Waals surface area (Å²) in [6.07, 6.45) is 3.94. The molecule has 1 saturated heterocycles. The van der Waals surface area contributed by atoms with E-state index in [4.69, 9.17) is 4.74 Å². The van der Waals surface area contributed by atoms with Crippen LogP contribution in [-0.4, -0.2) is 49.6 Å². The minimum absolute atomic E-state index is 0. The molecule has 1 aromatic rings. The van der Waals surface area contributed by atoms with Gasteiger partial charge in [-0.3, -0.25) is 4.79 Å². The fourth-order valence-electron chi connectivity index (χ4n) is 3.39. The van der Waals surface area contributed by atoms with Gasteiger partial charge in [0.15, 0.2) is 5.96 Å². The number of amides is 1. The van der Waals surface area contributed by atoms with Crippen LogP contribution in [-0.2, 0) is 11.3 Å². The topological polar surface area (TPSA) is 66.0 Å². The molecule has 1 aliphatic heterocycles. The highest BCUT2D eigenvalue weighted by molar-refractivity contribution is 14.0. The van der Waals surface area contributed by atoms with E-state index in [1.54, 1.807) is 7.11 Å². The number of carbonyl (C=O) groups excluding carboxylic acids is 1. The van der Waals surface area contributed by atoms with Gasteiger partial charge in [0.05, 0.1) is 13.7 Å². The molecule has 0 saturated carbocycles. The van der Waals surface area contributed by atoms with Crippen LogP contribution in [0.4, 0.5) is 0 Å². The molecule has 2 N–H and O–H groups in total. The standard InChI is InChI=1S/C21H34N4O2.HI/c1-5-22-21(24-15-18-10-9-16(2)14-19(18)27-4)23-12-11-20(26)25-13-7-6-8-17(25)3;/h9-10,14,17H,5-8,11-13,15H2,1-4H3,(H2,22,23,24);1H. The van der Waals surface area contributed by atoms with Crippen LogP contribution in [0.2, 0.25) is 0 Å². The number of piperidine rings is 1. The van der Waals surface area contributed by atoms with E-state index >= 15 is 0 Å². The molecule has 0 bridgehead atoms. The lowest BCUT2D eigenvalue weighted by Crippen LogP contribution is -2.44. The fraction of sp³-hybridized carbons (Fsp3) is 0.619. The van der Waals surface area contributed by atoms with Crippen molar-refractivity contribution in [1.29, 1.82) is 0 Å². The SMILES string of the molecule is CCNC(=NCc1ccc(C)cc1OC)NCCC(=O)N1CCCCC1C.I. The zero-order chi connectivity index (χ0) is 19.6. The van der Waals surface area contributed by atoms with Crippen LogP contribution in [0.3, 0.4) is 0 Å². The molecule has 0 aliphatic carbocycles. The van der Waals surface area contributed by atoms with Crippen LogP contribution in [0, 0.1) is 6.92 Å². The van der Waals surface area contributed by atoms with Crippen molar-refractivity contribution < 1.29 is 9.53 Å². The van der Waals surface area contributed by atoms with Gasteiger partial charge in [0.2, 0.25) is 5.91 Å². The summed E-state index contributed by atoms with van der Waals surface area (Å²) in [5.74, 6) is 1.80. The summed E-state index contributed by atoms with van der Waals surface area (Å²) in [4.78, 5) is 19.1. The Balaban J connectivity index is 0.00000392. The number of hydrogen-bond acceptors (Lipinski definition) is 3. The van der Waals surface area contributed by atoms with Gasteiger partial charge in [-0.2, -0.15) is 0 Å². The smallest absolute Gasteiger partial charge is 0.224 e. The molecular weight excluding hydrogens is 467 g/mol. The second-order valence-electron chi connectivity index (χ2n) is 7.12. The zero-order valence-electron chi connectivity index (χ0n) is 17.6. The highest BCUT2D eigenvalue weighted by Gasteiger charge is 2.22. The number of nitrogens with one attached hydrogen (secondary N) is 2. The van der Waals surface area contributed by atoms with Crippen LogP contribution in [0.1, 0.15) is 50.7 Å². The van der Waals surface area contributed by atoms with Crippen LogP contribution < -0.4 is 15.4 Å². The number of rotatable bonds is 7. The Morgan fingerprint density at radius 3 is 2.79 bits per heavy atom. The first-order chi connectivity index (χ1) is 13.0. The Labute approximate surface area is 186 Å². The second-order valence-corrected chi connectivity index (χ2v) is 7.12. The van der Waals surface area contributed by atoms with Gasteiger partial charge in [-0.15, -0.1) is 24.0 Å². The number of benzene rings is 1. The normalized spacial score (nSPS) is 16.9. The van der Waals surface area contributed by atoms with E-state index in [0.717, 1.165) is 48.8 Å². The maximum Gasteiger partial charge on any atom is 0.224 e. The van der Waals surface area contributed by atoms with Gasteiger partial charge in [0.25, 0.3) is 0 Å². The van der Waals surface area contributed by atoms with Crippen LogP contribution in [0.5, 0.6) is 5.75 Å². The quantitative estimate of drug-likeness (QED) is 0.341. The molecule has 7 heteroatoms. The Hall–Kier alpha value is -1.51. The van der Waals surface area contributed by atoms with Crippen LogP contribution in [0.15, 0.2) is 23.2 Å². The molecule has 28 heavy (non-hydrogen) atoms. The third-order valence-corrected chi connectivity index (χ3v) is 4.95. The number of likely N-dealkylation sites (tertiary alicyclic amines) is 1. The average Bonchev–Trinajstić information content (AvgIpc) is 2.66. The van der Waals surface area contributed by atoms with Gasteiger partial charge < -0.3 is 20.3 Å². The number of ether oxygens (including phenoxy) is 1. The fourth-order valence-corrected chi connectivity index (χ4v) is 3.39. The van der Waals surface area contributed by atoms with Crippen molar-refractivity contribution in [3.63, 3.8) is 0 Å². The van der Waals surface area contributed by atoms with Gasteiger partial charge >= 0.3 is 0 Å². The molecule has 2 rings (SSSR count). The Kier molecular flexibility index (Phi) is 11.3. The summed E-state index contributed by atoms with van der Waals surface area (Å²) in [5.41, 5.74) is 2.20. The zero-order valence-corrected chi connectivity index (χ0v) is 19.9. The number of aliphatic imine (C=N–C) groups is 1. The minimum atomic E-state index is 0. The van der Waals surface area contributed by atoms with E-state index in [-0.39, 0.29) is 29.9 Å². The third kappa shape index (κ3) is 7.48. The summed E-state index contributed by atoms with van der Waals surface area (Å²) in [6.45, 7) is 8.99. The summed E-state index contributed by atoms with van der Waals surface area (Å²) in [6, 6.07) is 6.49. The average molecular weight is 502 g/mol. The maximum atomic E-state index is 12.5. The molecule has 0 radical (unpaired) electrons. The van der Waals surface area contributed by atoms with Crippen molar-refractivity contribution in [2.45, 2.75) is 59.0 Å². The number of methoxy groups -OCH3 is 1. The molecule has 1 heterocycles. The lowest BCUT2D eigenvalue weighted by atomic mass is 10.0. The minimum Gasteiger partial charge on any atom is -0.496 e. The van der Waals surface area contributed by atoms with E-state index in [2.05, 4.69) is 28.6 Å². The van der Waals surface area contributed by atoms with Crippen molar-refractivity contribution >= 4 is 35.8 Å². The first-order valence-corrected chi connectivity index (χ1v) is 10.00. The largest absolute Gasteiger partial charge is 0.496 e. The van der Waals surface area contributed by atoms with Crippen LogP contribution >= 0.6 is 24.0 Å². The summed E-state index contributed by atoms with van der Waals surface area (Å²) in [7, 11) is 1.68. The molecule has 1 atom stereocenters. The second kappa shape index (κ2) is 12.9. The molecule has 1 amide bonds. The number of hydrogen-bond donors (Lipinski definition) is 2. The molecular formula is C21H35IN4O2. The first-order valence-electron chi connectivity index (χ1n) is 10.00. The highest BCUT2D eigenvalue weighted by Crippen LogP contribution is 2.20. The van der Waals surface area contributed by atoms with Crippen molar-refractivity contribution in [3.05, 3.63) is 29.3 Å². The van der Waals surface area contributed by atoms with E-state index in [1.165, 1.54) is 6.42 Å². The van der Waals surface area contributed by atoms with E-state index < -0.39 is 0 Å². The highest BCUT2D eigenvalue weighted by atomic mass is 127. The lowest BCUT2D eigenvalue weighted by Gasteiger charge is -2.33.